The third-order valence-corrected chi connectivity index (χ3v) is 6.51. The number of ether oxygens (including phenoxy) is 2. The second kappa shape index (κ2) is 9.41. The molecule has 34 heavy (non-hydrogen) atoms. The summed E-state index contributed by atoms with van der Waals surface area (Å²) < 4.78 is 10.7. The maximum absolute atomic E-state index is 13.3. The maximum Gasteiger partial charge on any atom is 0.339 e. The van der Waals surface area contributed by atoms with Crippen molar-refractivity contribution in [2.45, 2.75) is 40.5 Å². The number of ketones is 1. The van der Waals surface area contributed by atoms with Crippen molar-refractivity contribution in [3.05, 3.63) is 70.9 Å². The summed E-state index contributed by atoms with van der Waals surface area (Å²) in [7, 11) is 1.65. The van der Waals surface area contributed by atoms with Crippen LogP contribution >= 0.6 is 0 Å². The van der Waals surface area contributed by atoms with Crippen LogP contribution in [-0.2, 0) is 16.0 Å². The molecule has 0 bridgehead atoms. The molecule has 1 unspecified atom stereocenters. The van der Waals surface area contributed by atoms with Gasteiger partial charge in [0.05, 0.1) is 23.9 Å². The lowest BCUT2D eigenvalue weighted by molar-refractivity contribution is -0.120. The van der Waals surface area contributed by atoms with Crippen LogP contribution in [0.3, 0.4) is 0 Å². The van der Waals surface area contributed by atoms with Crippen molar-refractivity contribution in [2.75, 3.05) is 13.7 Å². The number of esters is 1. The average molecular weight is 458 g/mol. The highest BCUT2D eigenvalue weighted by molar-refractivity contribution is 6.07. The number of fused-ring (bicyclic) bond motifs is 2. The quantitative estimate of drug-likeness (QED) is 0.431. The summed E-state index contributed by atoms with van der Waals surface area (Å²) >= 11 is 0. The number of para-hydroxylation sites is 1. The van der Waals surface area contributed by atoms with E-state index in [9.17, 15) is 9.59 Å². The summed E-state index contributed by atoms with van der Waals surface area (Å²) in [6.45, 7) is 7.88. The number of rotatable bonds is 5. The van der Waals surface area contributed by atoms with E-state index < -0.39 is 5.97 Å². The van der Waals surface area contributed by atoms with Gasteiger partial charge in [-0.2, -0.15) is 0 Å². The summed E-state index contributed by atoms with van der Waals surface area (Å²) in [4.78, 5) is 29.8. The van der Waals surface area contributed by atoms with E-state index in [0.29, 0.717) is 11.5 Å². The van der Waals surface area contributed by atoms with Crippen molar-refractivity contribution < 1.29 is 19.1 Å². The van der Waals surface area contributed by atoms with Gasteiger partial charge in [0.1, 0.15) is 12.4 Å². The fourth-order valence-corrected chi connectivity index (χ4v) is 4.51. The fourth-order valence-electron chi connectivity index (χ4n) is 4.51. The summed E-state index contributed by atoms with van der Waals surface area (Å²) in [5, 5.41) is 0.758. The number of methoxy groups -OCH3 is 1. The van der Waals surface area contributed by atoms with Gasteiger partial charge < -0.3 is 9.47 Å². The molecule has 0 N–H and O–H groups in total. The molecule has 3 aromatic rings. The SMILES string of the molecule is COc1ccc(C=C2CC(C(C)(C)C)Cc3c2nc2ccccc2c3C(=O)OCC(C)=O)cc1. The predicted octanol–water partition coefficient (Wildman–Crippen LogP) is 6.14. The molecule has 0 amide bonds. The molecule has 0 saturated heterocycles. The van der Waals surface area contributed by atoms with Crippen LogP contribution in [0.2, 0.25) is 0 Å². The number of benzene rings is 2. The molecule has 176 valence electrons. The topological polar surface area (TPSA) is 65.5 Å². The van der Waals surface area contributed by atoms with Crippen LogP contribution in [0.4, 0.5) is 0 Å². The van der Waals surface area contributed by atoms with Crippen LogP contribution in [0.15, 0.2) is 48.5 Å². The Morgan fingerprint density at radius 3 is 2.41 bits per heavy atom. The van der Waals surface area contributed by atoms with Crippen molar-refractivity contribution in [3.63, 3.8) is 0 Å². The summed E-state index contributed by atoms with van der Waals surface area (Å²) in [5.74, 6) is 0.460. The lowest BCUT2D eigenvalue weighted by atomic mass is 9.69. The number of Topliss-reactive ketones (excluding diaryl/α,β-unsaturated/α-hetero) is 1. The van der Waals surface area contributed by atoms with Gasteiger partial charge in [-0.3, -0.25) is 4.79 Å². The highest BCUT2D eigenvalue weighted by Crippen LogP contribution is 2.44. The van der Waals surface area contributed by atoms with E-state index in [-0.39, 0.29) is 17.8 Å². The molecular formula is C29H31NO4. The highest BCUT2D eigenvalue weighted by Gasteiger charge is 2.35. The standard InChI is InChI=1S/C29H31NO4/c1-18(31)17-34-28(32)26-23-8-6-7-9-25(23)30-27-20(14-19-10-12-22(33-5)13-11-19)15-21(16-24(26)27)29(2,3)4/h6-14,21H,15-17H2,1-5H3. The van der Waals surface area contributed by atoms with Crippen molar-refractivity contribution in [3.8, 4) is 5.75 Å². The van der Waals surface area contributed by atoms with Crippen LogP contribution in [-0.4, -0.2) is 30.5 Å². The zero-order valence-corrected chi connectivity index (χ0v) is 20.5. The molecule has 5 heteroatoms. The maximum atomic E-state index is 13.3. The predicted molar refractivity (Wildman–Crippen MR) is 135 cm³/mol. The molecule has 1 aliphatic carbocycles. The van der Waals surface area contributed by atoms with E-state index in [1.807, 2.05) is 48.5 Å². The van der Waals surface area contributed by atoms with E-state index in [1.54, 1.807) is 7.11 Å². The first-order valence-corrected chi connectivity index (χ1v) is 11.6. The minimum atomic E-state index is -0.469. The van der Waals surface area contributed by atoms with Gasteiger partial charge in [-0.1, -0.05) is 51.1 Å². The first-order valence-electron chi connectivity index (χ1n) is 11.6. The Kier molecular flexibility index (Phi) is 6.56. The minimum absolute atomic E-state index is 0.0306. The molecule has 4 rings (SSSR count). The Morgan fingerprint density at radius 1 is 1.06 bits per heavy atom. The number of hydrogen-bond acceptors (Lipinski definition) is 5. The van der Waals surface area contributed by atoms with Gasteiger partial charge in [0.2, 0.25) is 0 Å². The van der Waals surface area contributed by atoms with Crippen LogP contribution < -0.4 is 4.74 Å². The molecule has 1 aliphatic rings. The van der Waals surface area contributed by atoms with Crippen molar-refractivity contribution >= 4 is 34.3 Å². The zero-order valence-electron chi connectivity index (χ0n) is 20.5. The largest absolute Gasteiger partial charge is 0.497 e. The molecule has 0 radical (unpaired) electrons. The van der Waals surface area contributed by atoms with Crippen LogP contribution in [0.5, 0.6) is 5.75 Å². The van der Waals surface area contributed by atoms with Gasteiger partial charge in [0.15, 0.2) is 5.78 Å². The Labute approximate surface area is 200 Å². The Hall–Kier alpha value is -3.47. The summed E-state index contributed by atoms with van der Waals surface area (Å²) in [5.41, 5.74) is 5.18. The second-order valence-corrected chi connectivity index (χ2v) is 10.0. The fraction of sp³-hybridized carbons (Fsp3) is 0.345. The second-order valence-electron chi connectivity index (χ2n) is 10.0. The van der Waals surface area contributed by atoms with E-state index in [1.165, 1.54) is 6.92 Å². The van der Waals surface area contributed by atoms with Gasteiger partial charge in [-0.25, -0.2) is 9.78 Å². The highest BCUT2D eigenvalue weighted by atomic mass is 16.5. The average Bonchev–Trinajstić information content (AvgIpc) is 2.81. The summed E-state index contributed by atoms with van der Waals surface area (Å²) in [6, 6.07) is 15.6. The molecule has 1 aromatic heterocycles. The number of aromatic nitrogens is 1. The molecule has 0 saturated carbocycles. The number of hydrogen-bond donors (Lipinski definition) is 0. The number of carbonyl (C=O) groups excluding carboxylic acids is 2. The molecule has 2 aromatic carbocycles. The number of pyridine rings is 1. The van der Waals surface area contributed by atoms with E-state index in [4.69, 9.17) is 14.5 Å². The van der Waals surface area contributed by atoms with E-state index in [0.717, 1.165) is 51.9 Å². The lowest BCUT2D eigenvalue weighted by Crippen LogP contribution is -2.29. The molecular weight excluding hydrogens is 426 g/mol. The molecule has 0 spiro atoms. The molecule has 1 atom stereocenters. The molecule has 5 nitrogen and oxygen atoms in total. The van der Waals surface area contributed by atoms with Gasteiger partial charge in [0.25, 0.3) is 0 Å². The van der Waals surface area contributed by atoms with Gasteiger partial charge in [0, 0.05) is 5.39 Å². The number of nitrogens with zero attached hydrogens (tertiary/aromatic N) is 1. The lowest BCUT2D eigenvalue weighted by Gasteiger charge is -2.36. The zero-order chi connectivity index (χ0) is 24.5. The smallest absolute Gasteiger partial charge is 0.339 e. The minimum Gasteiger partial charge on any atom is -0.497 e. The van der Waals surface area contributed by atoms with Gasteiger partial charge >= 0.3 is 5.97 Å². The Balaban J connectivity index is 1.93. The number of carbonyl (C=O) groups is 2. The van der Waals surface area contributed by atoms with Crippen molar-refractivity contribution in [1.82, 2.24) is 4.98 Å². The molecule has 0 fully saturated rings. The Morgan fingerprint density at radius 2 is 1.76 bits per heavy atom. The van der Waals surface area contributed by atoms with Crippen molar-refractivity contribution in [2.24, 2.45) is 11.3 Å². The summed E-state index contributed by atoms with van der Waals surface area (Å²) in [6.07, 6.45) is 3.74. The normalized spacial score (nSPS) is 16.9. The number of allylic oxidation sites excluding steroid dienone is 1. The third kappa shape index (κ3) is 4.89. The van der Waals surface area contributed by atoms with Crippen LogP contribution in [0.1, 0.15) is 61.3 Å². The molecule has 1 heterocycles. The first kappa shape index (κ1) is 23.7. The van der Waals surface area contributed by atoms with Crippen LogP contribution in [0.25, 0.3) is 22.6 Å². The molecule has 0 aliphatic heterocycles. The van der Waals surface area contributed by atoms with Gasteiger partial charge in [-0.05, 0) is 72.1 Å². The first-order chi connectivity index (χ1) is 16.2. The Bertz CT molecular complexity index is 1270. The van der Waals surface area contributed by atoms with Gasteiger partial charge in [-0.15, -0.1) is 0 Å². The third-order valence-electron chi connectivity index (χ3n) is 6.51. The van der Waals surface area contributed by atoms with Crippen molar-refractivity contribution in [1.29, 1.82) is 0 Å². The van der Waals surface area contributed by atoms with Crippen LogP contribution in [0, 0.1) is 11.3 Å². The van der Waals surface area contributed by atoms with E-state index in [2.05, 4.69) is 26.8 Å². The monoisotopic (exact) mass is 457 g/mol. The van der Waals surface area contributed by atoms with E-state index >= 15 is 0 Å².